The Bertz CT molecular complexity index is 1330. The first-order chi connectivity index (χ1) is 13.7. The van der Waals surface area contributed by atoms with E-state index in [0.717, 1.165) is 51.7 Å². The van der Waals surface area contributed by atoms with Crippen LogP contribution in [0, 0.1) is 7.40 Å². The average molecular weight is 586 g/mol. The quantitative estimate of drug-likeness (QED) is 0.142. The Morgan fingerprint density at radius 3 is 2.39 bits per heavy atom. The van der Waals surface area contributed by atoms with Gasteiger partial charge >= 0.3 is 0 Å². The molecule has 0 radical (unpaired) electrons. The van der Waals surface area contributed by atoms with Gasteiger partial charge in [-0.3, -0.25) is 9.97 Å². The van der Waals surface area contributed by atoms with E-state index < -0.39 is 0 Å². The fourth-order valence-electron chi connectivity index (χ4n) is 3.21. The molecule has 4 nitrogen and oxygen atoms in total. The Balaban J connectivity index is 1.61. The van der Waals surface area contributed by atoms with E-state index in [-0.39, 0.29) is 0 Å². The van der Waals surface area contributed by atoms with E-state index in [2.05, 4.69) is 90.5 Å². The lowest BCUT2D eigenvalue weighted by Gasteiger charge is -2.09. The number of aromatic nitrogens is 4. The smallest absolute Gasteiger partial charge is 0.110 e. The summed E-state index contributed by atoms with van der Waals surface area (Å²) >= 11 is 4.50. The second-order valence-corrected chi connectivity index (χ2v) is 8.44. The maximum Gasteiger partial charge on any atom is 0.110 e. The Morgan fingerprint density at radius 2 is 1.57 bits per heavy atom. The summed E-state index contributed by atoms with van der Waals surface area (Å²) in [5.74, 6) is 0. The minimum Gasteiger partial charge on any atom is -0.254 e. The minimum absolute atomic E-state index is 0.862. The van der Waals surface area contributed by atoms with Crippen LogP contribution in [0.15, 0.2) is 73.1 Å². The van der Waals surface area contributed by atoms with E-state index in [4.69, 9.17) is 4.98 Å². The highest BCUT2D eigenvalue weighted by molar-refractivity contribution is 14.1. The summed E-state index contributed by atoms with van der Waals surface area (Å²) in [5.41, 5.74) is 5.71. The van der Waals surface area contributed by atoms with Crippen LogP contribution in [0.1, 0.15) is 0 Å². The van der Waals surface area contributed by atoms with Crippen molar-refractivity contribution in [3.8, 4) is 22.5 Å². The van der Waals surface area contributed by atoms with Crippen LogP contribution >= 0.6 is 45.2 Å². The number of hydrogen-bond acceptors (Lipinski definition) is 4. The molecule has 6 heteroatoms. The molecule has 4 aromatic heterocycles. The molecule has 0 spiro atoms. The van der Waals surface area contributed by atoms with Crippen molar-refractivity contribution in [2.75, 3.05) is 0 Å². The number of hydrogen-bond donors (Lipinski definition) is 0. The molecule has 0 amide bonds. The van der Waals surface area contributed by atoms with Gasteiger partial charge in [-0.15, -0.1) is 0 Å². The molecule has 0 aliphatic heterocycles. The van der Waals surface area contributed by atoms with Crippen LogP contribution in [-0.2, 0) is 0 Å². The van der Waals surface area contributed by atoms with Crippen LogP contribution in [0.3, 0.4) is 0 Å². The fourth-order valence-corrected chi connectivity index (χ4v) is 4.39. The maximum atomic E-state index is 4.86. The lowest BCUT2D eigenvalue weighted by Crippen LogP contribution is -1.93. The van der Waals surface area contributed by atoms with Gasteiger partial charge in [0.1, 0.15) is 7.40 Å². The van der Waals surface area contributed by atoms with Gasteiger partial charge in [-0.25, -0.2) is 9.97 Å². The predicted molar refractivity (Wildman–Crippen MR) is 129 cm³/mol. The van der Waals surface area contributed by atoms with Gasteiger partial charge in [0.15, 0.2) is 0 Å². The van der Waals surface area contributed by atoms with E-state index in [1.807, 2.05) is 42.7 Å². The van der Waals surface area contributed by atoms with Gasteiger partial charge in [0, 0.05) is 34.3 Å². The second kappa shape index (κ2) is 7.32. The first-order valence-electron chi connectivity index (χ1n) is 8.62. The molecule has 0 unspecified atom stereocenters. The van der Waals surface area contributed by atoms with Crippen LogP contribution in [0.25, 0.3) is 44.3 Å². The van der Waals surface area contributed by atoms with Crippen molar-refractivity contribution in [1.82, 2.24) is 19.9 Å². The van der Waals surface area contributed by atoms with Crippen molar-refractivity contribution in [2.24, 2.45) is 0 Å². The number of pyridine rings is 4. The molecule has 0 aliphatic rings. The zero-order valence-electron chi connectivity index (χ0n) is 14.5. The van der Waals surface area contributed by atoms with Crippen LogP contribution in [0.4, 0.5) is 0 Å². The molecule has 0 atom stereocenters. The van der Waals surface area contributed by atoms with Crippen molar-refractivity contribution >= 4 is 67.0 Å². The van der Waals surface area contributed by atoms with Crippen LogP contribution in [0.5, 0.6) is 0 Å². The van der Waals surface area contributed by atoms with E-state index in [1.54, 1.807) is 0 Å². The first kappa shape index (κ1) is 17.9. The molecule has 1 aromatic carbocycles. The molecular formula is C22H12I2N4. The lowest BCUT2D eigenvalue weighted by molar-refractivity contribution is 1.22. The average Bonchev–Trinajstić information content (AvgIpc) is 2.73. The molecular weight excluding hydrogens is 574 g/mol. The SMILES string of the molecule is Ic1cccc(-c2ccc(-c3cc4ccc5cccnc5c4nc3I)cn2)n1. The third-order valence-corrected chi connectivity index (χ3v) is 5.99. The number of halogens is 2. The topological polar surface area (TPSA) is 51.6 Å². The van der Waals surface area contributed by atoms with Gasteiger partial charge in [0.2, 0.25) is 0 Å². The summed E-state index contributed by atoms with van der Waals surface area (Å²) in [5, 5.41) is 2.17. The van der Waals surface area contributed by atoms with Gasteiger partial charge in [0.05, 0.1) is 22.4 Å². The van der Waals surface area contributed by atoms with E-state index >= 15 is 0 Å². The van der Waals surface area contributed by atoms with E-state index in [1.165, 1.54) is 0 Å². The minimum atomic E-state index is 0.862. The van der Waals surface area contributed by atoms with Gasteiger partial charge in [0.25, 0.3) is 0 Å². The number of fused-ring (bicyclic) bond motifs is 3. The molecule has 0 N–H and O–H groups in total. The summed E-state index contributed by atoms with van der Waals surface area (Å²) in [6.07, 6.45) is 3.70. The Labute approximate surface area is 188 Å². The second-order valence-electron chi connectivity index (χ2n) is 6.32. The summed E-state index contributed by atoms with van der Waals surface area (Å²) < 4.78 is 1.89. The zero-order chi connectivity index (χ0) is 19.1. The van der Waals surface area contributed by atoms with Crippen molar-refractivity contribution in [3.63, 3.8) is 0 Å². The third-order valence-electron chi connectivity index (χ3n) is 4.56. The summed E-state index contributed by atoms with van der Waals surface area (Å²) in [4.78, 5) is 18.5. The Morgan fingerprint density at radius 1 is 0.679 bits per heavy atom. The molecule has 5 rings (SSSR count). The highest BCUT2D eigenvalue weighted by Crippen LogP contribution is 2.31. The lowest BCUT2D eigenvalue weighted by atomic mass is 10.0. The molecule has 0 aliphatic carbocycles. The molecule has 0 saturated carbocycles. The van der Waals surface area contributed by atoms with E-state index in [9.17, 15) is 0 Å². The van der Waals surface area contributed by atoms with Crippen molar-refractivity contribution < 1.29 is 0 Å². The predicted octanol–water partition coefficient (Wildman–Crippen LogP) is 6.12. The third kappa shape index (κ3) is 3.24. The van der Waals surface area contributed by atoms with Crippen LogP contribution in [0.2, 0.25) is 0 Å². The van der Waals surface area contributed by atoms with Crippen molar-refractivity contribution in [1.29, 1.82) is 0 Å². The summed E-state index contributed by atoms with van der Waals surface area (Å²) in [6.45, 7) is 0. The normalized spacial score (nSPS) is 11.2. The van der Waals surface area contributed by atoms with E-state index in [0.29, 0.717) is 0 Å². The molecule has 0 saturated heterocycles. The molecule has 0 bridgehead atoms. The molecule has 134 valence electrons. The number of benzene rings is 1. The van der Waals surface area contributed by atoms with Crippen LogP contribution in [-0.4, -0.2) is 19.9 Å². The Hall–Kier alpha value is -2.20. The summed E-state index contributed by atoms with van der Waals surface area (Å²) in [7, 11) is 0. The molecule has 5 aromatic rings. The standard InChI is InChI=1S/C22H12I2N4/c23-19-5-1-4-18(27-19)17-9-8-15(12-26-17)16-11-14-7-6-13-3-2-10-25-20(13)21(14)28-22(16)24/h1-12H. The van der Waals surface area contributed by atoms with Gasteiger partial charge in [-0.2, -0.15) is 0 Å². The van der Waals surface area contributed by atoms with Gasteiger partial charge < -0.3 is 0 Å². The van der Waals surface area contributed by atoms with Crippen molar-refractivity contribution in [2.45, 2.75) is 0 Å². The molecule has 28 heavy (non-hydrogen) atoms. The highest BCUT2D eigenvalue weighted by atomic mass is 127. The molecule has 0 fully saturated rings. The van der Waals surface area contributed by atoms with Gasteiger partial charge in [-0.05, 0) is 75.5 Å². The fraction of sp³-hybridized carbons (Fsp3) is 0. The summed E-state index contributed by atoms with van der Waals surface area (Å²) in [6, 6.07) is 20.4. The van der Waals surface area contributed by atoms with Crippen LogP contribution < -0.4 is 0 Å². The maximum absolute atomic E-state index is 4.86. The van der Waals surface area contributed by atoms with Crippen molar-refractivity contribution in [3.05, 3.63) is 80.5 Å². The zero-order valence-corrected chi connectivity index (χ0v) is 18.8. The Kier molecular flexibility index (Phi) is 4.67. The highest BCUT2D eigenvalue weighted by Gasteiger charge is 2.11. The molecule has 4 heterocycles. The number of nitrogens with zero attached hydrogens (tertiary/aromatic N) is 4. The number of rotatable bonds is 2. The van der Waals surface area contributed by atoms with Gasteiger partial charge in [-0.1, -0.05) is 30.3 Å². The largest absolute Gasteiger partial charge is 0.254 e. The first-order valence-corrected chi connectivity index (χ1v) is 10.8. The monoisotopic (exact) mass is 586 g/mol.